The molecule has 0 unspecified atom stereocenters. The van der Waals surface area contributed by atoms with E-state index in [9.17, 15) is 4.79 Å². The van der Waals surface area contributed by atoms with Gasteiger partial charge in [-0.05, 0) is 24.6 Å². The van der Waals surface area contributed by atoms with Crippen LogP contribution in [0.4, 0.5) is 0 Å². The van der Waals surface area contributed by atoms with Crippen LogP contribution in [0.3, 0.4) is 0 Å². The minimum atomic E-state index is -0.839. The molecule has 0 spiro atoms. The van der Waals surface area contributed by atoms with Gasteiger partial charge in [-0.3, -0.25) is 4.79 Å². The lowest BCUT2D eigenvalue weighted by Crippen LogP contribution is -2.02. The quantitative estimate of drug-likeness (QED) is 0.665. The summed E-state index contributed by atoms with van der Waals surface area (Å²) >= 11 is 1.23. The first kappa shape index (κ1) is 12.7. The van der Waals surface area contributed by atoms with Crippen LogP contribution in [0.25, 0.3) is 11.0 Å². The van der Waals surface area contributed by atoms with Crippen molar-refractivity contribution in [3.8, 4) is 0 Å². The van der Waals surface area contributed by atoms with Crippen molar-refractivity contribution in [3.05, 3.63) is 36.4 Å². The van der Waals surface area contributed by atoms with E-state index < -0.39 is 5.97 Å². The van der Waals surface area contributed by atoms with Crippen LogP contribution in [0.2, 0.25) is 0 Å². The number of thioether (sulfide) groups is 1. The van der Waals surface area contributed by atoms with Gasteiger partial charge < -0.3 is 9.67 Å². The van der Waals surface area contributed by atoms with Gasteiger partial charge in [0.1, 0.15) is 0 Å². The van der Waals surface area contributed by atoms with Gasteiger partial charge >= 0.3 is 5.97 Å². The Morgan fingerprint density at radius 2 is 2.39 bits per heavy atom. The second kappa shape index (κ2) is 5.27. The van der Waals surface area contributed by atoms with Crippen molar-refractivity contribution in [2.24, 2.45) is 0 Å². The minimum Gasteiger partial charge on any atom is -0.481 e. The highest BCUT2D eigenvalue weighted by Crippen LogP contribution is 2.24. The zero-order valence-electron chi connectivity index (χ0n) is 10.1. The Morgan fingerprint density at radius 1 is 1.61 bits per heavy atom. The number of carbonyl (C=O) groups is 1. The molecule has 0 radical (unpaired) electrons. The van der Waals surface area contributed by atoms with Crippen LogP contribution < -0.4 is 0 Å². The van der Waals surface area contributed by atoms with E-state index in [1.165, 1.54) is 11.8 Å². The second-order valence-electron chi connectivity index (χ2n) is 3.97. The molecule has 0 bridgehead atoms. The molecule has 1 N–H and O–H groups in total. The lowest BCUT2D eigenvalue weighted by molar-refractivity contribution is -0.133. The van der Waals surface area contributed by atoms with E-state index in [-0.39, 0.29) is 5.75 Å². The molecule has 0 amide bonds. The van der Waals surface area contributed by atoms with Gasteiger partial charge in [-0.25, -0.2) is 4.98 Å². The minimum absolute atomic E-state index is 0.0133. The summed E-state index contributed by atoms with van der Waals surface area (Å²) in [4.78, 5) is 15.1. The molecular weight excluding hydrogens is 248 g/mol. The maximum atomic E-state index is 10.6. The molecular formula is C13H14N2O2S. The van der Waals surface area contributed by atoms with Crippen LogP contribution in [0.15, 0.2) is 36.0 Å². The zero-order chi connectivity index (χ0) is 13.1. The number of nitrogens with zero attached hydrogens (tertiary/aromatic N) is 2. The van der Waals surface area contributed by atoms with E-state index in [2.05, 4.69) is 17.6 Å². The zero-order valence-corrected chi connectivity index (χ0v) is 10.9. The number of aliphatic carboxylic acids is 1. The first-order valence-corrected chi connectivity index (χ1v) is 6.52. The van der Waals surface area contributed by atoms with Gasteiger partial charge in [0, 0.05) is 6.54 Å². The van der Waals surface area contributed by atoms with Crippen LogP contribution in [0.1, 0.15) is 5.56 Å². The SMILES string of the molecule is C=CCn1c(SCC(=O)O)nc2ccc(C)cc21. The van der Waals surface area contributed by atoms with Crippen molar-refractivity contribution in [1.82, 2.24) is 9.55 Å². The molecule has 0 aliphatic carbocycles. The predicted octanol–water partition coefficient (Wildman–Crippen LogP) is 2.71. The van der Waals surface area contributed by atoms with Crippen molar-refractivity contribution in [2.75, 3.05) is 5.75 Å². The van der Waals surface area contributed by atoms with Crippen LogP contribution in [0, 0.1) is 6.92 Å². The van der Waals surface area contributed by atoms with Crippen molar-refractivity contribution >= 4 is 28.8 Å². The number of aryl methyl sites for hydroxylation is 1. The highest BCUT2D eigenvalue weighted by molar-refractivity contribution is 7.99. The van der Waals surface area contributed by atoms with Gasteiger partial charge in [0.15, 0.2) is 5.16 Å². The fourth-order valence-electron chi connectivity index (χ4n) is 1.75. The summed E-state index contributed by atoms with van der Waals surface area (Å²) in [7, 11) is 0. The fraction of sp³-hybridized carbons (Fsp3) is 0.231. The number of benzene rings is 1. The van der Waals surface area contributed by atoms with Crippen LogP contribution in [-0.2, 0) is 11.3 Å². The molecule has 18 heavy (non-hydrogen) atoms. The summed E-state index contributed by atoms with van der Waals surface area (Å²) < 4.78 is 1.99. The molecule has 4 nitrogen and oxygen atoms in total. The molecule has 5 heteroatoms. The predicted molar refractivity (Wildman–Crippen MR) is 73.0 cm³/mol. The normalized spacial score (nSPS) is 10.7. The molecule has 1 heterocycles. The van der Waals surface area contributed by atoms with Gasteiger partial charge in [0.25, 0.3) is 0 Å². The number of imidazole rings is 1. The monoisotopic (exact) mass is 262 g/mol. The van der Waals surface area contributed by atoms with E-state index in [1.54, 1.807) is 6.08 Å². The van der Waals surface area contributed by atoms with E-state index in [1.807, 2.05) is 23.6 Å². The van der Waals surface area contributed by atoms with Crippen molar-refractivity contribution < 1.29 is 9.90 Å². The molecule has 0 fully saturated rings. The summed E-state index contributed by atoms with van der Waals surface area (Å²) in [5.74, 6) is -0.826. The smallest absolute Gasteiger partial charge is 0.313 e. The Bertz CT molecular complexity index is 604. The maximum absolute atomic E-state index is 10.6. The first-order valence-electron chi connectivity index (χ1n) is 5.54. The Labute approximate surface area is 109 Å². The van der Waals surface area contributed by atoms with Crippen LogP contribution >= 0.6 is 11.8 Å². The maximum Gasteiger partial charge on any atom is 0.313 e. The number of carboxylic acid groups (broad SMARTS) is 1. The van der Waals surface area contributed by atoms with Gasteiger partial charge in [0.2, 0.25) is 0 Å². The summed E-state index contributed by atoms with van der Waals surface area (Å²) in [5.41, 5.74) is 3.06. The molecule has 0 saturated heterocycles. The third-order valence-electron chi connectivity index (χ3n) is 2.51. The van der Waals surface area contributed by atoms with E-state index in [0.717, 1.165) is 21.8 Å². The van der Waals surface area contributed by atoms with Gasteiger partial charge in [-0.2, -0.15) is 0 Å². The molecule has 94 valence electrons. The third kappa shape index (κ3) is 2.56. The summed E-state index contributed by atoms with van der Waals surface area (Å²) in [6.07, 6.45) is 1.79. The van der Waals surface area contributed by atoms with Crippen molar-refractivity contribution in [2.45, 2.75) is 18.6 Å². The molecule has 2 aromatic rings. The number of rotatable bonds is 5. The lowest BCUT2D eigenvalue weighted by Gasteiger charge is -2.04. The number of hydrogen-bond donors (Lipinski definition) is 1. The first-order chi connectivity index (χ1) is 8.61. The molecule has 0 aliphatic rings. The highest BCUT2D eigenvalue weighted by Gasteiger charge is 2.11. The number of carboxylic acids is 1. The lowest BCUT2D eigenvalue weighted by atomic mass is 10.2. The van der Waals surface area contributed by atoms with Gasteiger partial charge in [0.05, 0.1) is 16.8 Å². The van der Waals surface area contributed by atoms with Crippen molar-refractivity contribution in [1.29, 1.82) is 0 Å². The molecule has 0 atom stereocenters. The number of fused-ring (bicyclic) bond motifs is 1. The fourth-order valence-corrected chi connectivity index (χ4v) is 2.50. The summed E-state index contributed by atoms with van der Waals surface area (Å²) in [6, 6.07) is 6.00. The van der Waals surface area contributed by atoms with Gasteiger partial charge in [-0.1, -0.05) is 23.9 Å². The summed E-state index contributed by atoms with van der Waals surface area (Å²) in [6.45, 7) is 6.38. The van der Waals surface area contributed by atoms with Gasteiger partial charge in [-0.15, -0.1) is 6.58 Å². The highest BCUT2D eigenvalue weighted by atomic mass is 32.2. The Morgan fingerprint density at radius 3 is 3.06 bits per heavy atom. The van der Waals surface area contributed by atoms with Crippen LogP contribution in [0.5, 0.6) is 0 Å². The molecule has 2 rings (SSSR count). The average molecular weight is 262 g/mol. The largest absolute Gasteiger partial charge is 0.481 e. The number of hydrogen-bond acceptors (Lipinski definition) is 3. The molecule has 1 aromatic carbocycles. The number of aromatic nitrogens is 2. The Balaban J connectivity index is 2.47. The van der Waals surface area contributed by atoms with E-state index >= 15 is 0 Å². The summed E-state index contributed by atoms with van der Waals surface area (Å²) in [5, 5.41) is 9.46. The molecule has 1 aromatic heterocycles. The molecule has 0 aliphatic heterocycles. The third-order valence-corrected chi connectivity index (χ3v) is 3.47. The van der Waals surface area contributed by atoms with E-state index in [4.69, 9.17) is 5.11 Å². The second-order valence-corrected chi connectivity index (χ2v) is 4.91. The standard InChI is InChI=1S/C13H14N2O2S/c1-3-6-15-11-7-9(2)4-5-10(11)14-13(15)18-8-12(16)17/h3-5,7H,1,6,8H2,2H3,(H,16,17). The van der Waals surface area contributed by atoms with E-state index in [0.29, 0.717) is 6.54 Å². The average Bonchev–Trinajstić information content (AvgIpc) is 2.65. The number of allylic oxidation sites excluding steroid dienone is 1. The molecule has 0 saturated carbocycles. The Hall–Kier alpha value is -1.75. The van der Waals surface area contributed by atoms with Crippen molar-refractivity contribution in [3.63, 3.8) is 0 Å². The van der Waals surface area contributed by atoms with Crippen LogP contribution in [-0.4, -0.2) is 26.4 Å². The topological polar surface area (TPSA) is 55.1 Å². The Kier molecular flexibility index (Phi) is 3.72.